The molecule has 0 unspecified atom stereocenters. The molecular formula is C15H13N5O. The zero-order valence-corrected chi connectivity index (χ0v) is 11.1. The molecule has 6 heteroatoms. The summed E-state index contributed by atoms with van der Waals surface area (Å²) in [6.45, 7) is 0. The van der Waals surface area contributed by atoms with Gasteiger partial charge in [0.1, 0.15) is 17.6 Å². The molecule has 0 atom stereocenters. The van der Waals surface area contributed by atoms with E-state index in [4.69, 9.17) is 21.1 Å². The van der Waals surface area contributed by atoms with Crippen LogP contribution in [0.5, 0.6) is 11.5 Å². The molecule has 2 rings (SSSR count). The van der Waals surface area contributed by atoms with Crippen LogP contribution in [0.4, 0.5) is 5.69 Å². The van der Waals surface area contributed by atoms with Gasteiger partial charge in [0.15, 0.2) is 5.84 Å². The predicted molar refractivity (Wildman–Crippen MR) is 81.5 cm³/mol. The lowest BCUT2D eigenvalue weighted by Gasteiger charge is -2.07. The summed E-state index contributed by atoms with van der Waals surface area (Å²) >= 11 is 0. The van der Waals surface area contributed by atoms with Crippen LogP contribution in [0.25, 0.3) is 0 Å². The van der Waals surface area contributed by atoms with Crippen LogP contribution in [0.3, 0.4) is 0 Å². The van der Waals surface area contributed by atoms with E-state index in [9.17, 15) is 0 Å². The molecule has 0 bridgehead atoms. The molecule has 0 aliphatic carbocycles. The Kier molecular flexibility index (Phi) is 4.51. The van der Waals surface area contributed by atoms with Crippen LogP contribution in [0.1, 0.15) is 0 Å². The number of hydrogen-bond donors (Lipinski definition) is 3. The lowest BCUT2D eigenvalue weighted by atomic mass is 10.3. The van der Waals surface area contributed by atoms with Crippen molar-refractivity contribution < 1.29 is 4.74 Å². The topological polar surface area (TPSA) is 107 Å². The third kappa shape index (κ3) is 4.08. The molecular weight excluding hydrogens is 266 g/mol. The van der Waals surface area contributed by atoms with Crippen molar-refractivity contribution in [2.24, 2.45) is 10.8 Å². The summed E-state index contributed by atoms with van der Waals surface area (Å²) in [5.74, 6) is 0.962. The maximum absolute atomic E-state index is 8.76. The molecule has 4 N–H and O–H groups in total. The van der Waals surface area contributed by atoms with Gasteiger partial charge in [-0.2, -0.15) is 10.4 Å². The van der Waals surface area contributed by atoms with Gasteiger partial charge < -0.3 is 10.5 Å². The average molecular weight is 279 g/mol. The van der Waals surface area contributed by atoms with E-state index in [1.54, 1.807) is 30.3 Å². The van der Waals surface area contributed by atoms with Gasteiger partial charge in [0, 0.05) is 6.07 Å². The van der Waals surface area contributed by atoms with Gasteiger partial charge >= 0.3 is 0 Å². The molecule has 0 heterocycles. The molecule has 0 amide bonds. The Morgan fingerprint density at radius 3 is 2.52 bits per heavy atom. The number of nitrogens with zero attached hydrogens (tertiary/aromatic N) is 2. The smallest absolute Gasteiger partial charge is 0.201 e. The Hall–Kier alpha value is -3.33. The Balaban J connectivity index is 2.12. The number of hydrazone groups is 1. The van der Waals surface area contributed by atoms with Gasteiger partial charge in [-0.05, 0) is 24.3 Å². The molecule has 0 fully saturated rings. The molecule has 21 heavy (non-hydrogen) atoms. The Morgan fingerprint density at radius 2 is 1.86 bits per heavy atom. The number of ether oxygens (including phenoxy) is 1. The Labute approximate surface area is 122 Å². The van der Waals surface area contributed by atoms with Crippen LogP contribution in [0.15, 0.2) is 59.7 Å². The molecule has 6 nitrogen and oxygen atoms in total. The maximum atomic E-state index is 8.76. The molecule has 0 spiro atoms. The summed E-state index contributed by atoms with van der Waals surface area (Å²) in [5.41, 5.74) is 8.32. The second-order valence-electron chi connectivity index (χ2n) is 4.04. The first-order chi connectivity index (χ1) is 10.2. The largest absolute Gasteiger partial charge is 0.457 e. The number of amidine groups is 1. The molecule has 0 aliphatic heterocycles. The number of nitrogens with one attached hydrogen (secondary N) is 2. The third-order valence-corrected chi connectivity index (χ3v) is 2.47. The fourth-order valence-corrected chi connectivity index (χ4v) is 1.52. The van der Waals surface area contributed by atoms with E-state index in [1.165, 1.54) is 0 Å². The highest BCUT2D eigenvalue weighted by Crippen LogP contribution is 2.23. The SMILES string of the molecule is N#C/C(=N\Nc1cccc(Oc2ccccc2)c1)C(=N)N. The lowest BCUT2D eigenvalue weighted by molar-refractivity contribution is 0.483. The van der Waals surface area contributed by atoms with Crippen LogP contribution in [-0.4, -0.2) is 11.5 Å². The van der Waals surface area contributed by atoms with E-state index in [2.05, 4.69) is 10.5 Å². The predicted octanol–water partition coefficient (Wildman–Crippen LogP) is 2.71. The summed E-state index contributed by atoms with van der Waals surface area (Å²) in [4.78, 5) is 0. The second-order valence-corrected chi connectivity index (χ2v) is 4.04. The number of rotatable bonds is 5. The summed E-state index contributed by atoms with van der Waals surface area (Å²) in [5, 5.41) is 19.7. The quantitative estimate of drug-likeness (QED) is 0.444. The van der Waals surface area contributed by atoms with E-state index in [0.29, 0.717) is 11.4 Å². The second kappa shape index (κ2) is 6.73. The van der Waals surface area contributed by atoms with E-state index >= 15 is 0 Å². The van der Waals surface area contributed by atoms with Crippen LogP contribution < -0.4 is 15.9 Å². The summed E-state index contributed by atoms with van der Waals surface area (Å²) in [7, 11) is 0. The molecule has 0 saturated carbocycles. The summed E-state index contributed by atoms with van der Waals surface area (Å²) < 4.78 is 5.68. The van der Waals surface area contributed by atoms with Crippen LogP contribution in [0, 0.1) is 16.7 Å². The molecule has 0 radical (unpaired) electrons. The molecule has 104 valence electrons. The van der Waals surface area contributed by atoms with Crippen LogP contribution >= 0.6 is 0 Å². The minimum Gasteiger partial charge on any atom is -0.457 e. The van der Waals surface area contributed by atoms with Gasteiger partial charge in [-0.3, -0.25) is 10.8 Å². The molecule has 0 saturated heterocycles. The monoisotopic (exact) mass is 279 g/mol. The number of nitrogens with two attached hydrogens (primary N) is 1. The van der Waals surface area contributed by atoms with Gasteiger partial charge in [0.2, 0.25) is 5.71 Å². The van der Waals surface area contributed by atoms with Gasteiger partial charge in [-0.1, -0.05) is 24.3 Å². The van der Waals surface area contributed by atoms with Crippen LogP contribution in [0.2, 0.25) is 0 Å². The summed E-state index contributed by atoms with van der Waals surface area (Å²) in [6, 6.07) is 18.2. The summed E-state index contributed by atoms with van der Waals surface area (Å²) in [6.07, 6.45) is 0. The van der Waals surface area contributed by atoms with Crippen molar-refractivity contribution in [3.63, 3.8) is 0 Å². The number of benzene rings is 2. The first-order valence-corrected chi connectivity index (χ1v) is 6.10. The Bertz CT molecular complexity index is 704. The molecule has 2 aromatic carbocycles. The van der Waals surface area contributed by atoms with Crippen molar-refractivity contribution in [2.45, 2.75) is 0 Å². The third-order valence-electron chi connectivity index (χ3n) is 2.47. The van der Waals surface area contributed by atoms with Gasteiger partial charge in [0.05, 0.1) is 5.69 Å². The van der Waals surface area contributed by atoms with Crippen molar-refractivity contribution in [3.05, 3.63) is 54.6 Å². The van der Waals surface area contributed by atoms with Crippen molar-refractivity contribution in [1.29, 1.82) is 10.7 Å². The minimum atomic E-state index is -0.387. The van der Waals surface area contributed by atoms with Crippen LogP contribution in [-0.2, 0) is 0 Å². The molecule has 0 aliphatic rings. The normalized spacial score (nSPS) is 10.5. The Morgan fingerprint density at radius 1 is 1.14 bits per heavy atom. The van der Waals surface area contributed by atoms with Gasteiger partial charge in [-0.15, -0.1) is 0 Å². The fraction of sp³-hybridized carbons (Fsp3) is 0. The van der Waals surface area contributed by atoms with E-state index in [1.807, 2.05) is 30.3 Å². The average Bonchev–Trinajstić information content (AvgIpc) is 2.49. The number of anilines is 1. The first kappa shape index (κ1) is 14.1. The highest BCUT2D eigenvalue weighted by Gasteiger charge is 2.02. The maximum Gasteiger partial charge on any atom is 0.201 e. The number of para-hydroxylation sites is 1. The van der Waals surface area contributed by atoms with E-state index in [-0.39, 0.29) is 11.5 Å². The van der Waals surface area contributed by atoms with E-state index in [0.717, 1.165) is 5.75 Å². The first-order valence-electron chi connectivity index (χ1n) is 6.10. The minimum absolute atomic E-state index is 0.176. The zero-order chi connectivity index (χ0) is 15.1. The highest BCUT2D eigenvalue weighted by molar-refractivity contribution is 6.45. The van der Waals surface area contributed by atoms with Crippen molar-refractivity contribution in [2.75, 3.05) is 5.43 Å². The number of hydrogen-bond acceptors (Lipinski definition) is 5. The van der Waals surface area contributed by atoms with Crippen molar-refractivity contribution in [3.8, 4) is 17.6 Å². The van der Waals surface area contributed by atoms with Gasteiger partial charge in [-0.25, -0.2) is 0 Å². The fourth-order valence-electron chi connectivity index (χ4n) is 1.52. The highest BCUT2D eigenvalue weighted by atomic mass is 16.5. The molecule has 0 aromatic heterocycles. The van der Waals surface area contributed by atoms with Gasteiger partial charge in [0.25, 0.3) is 0 Å². The van der Waals surface area contributed by atoms with Crippen molar-refractivity contribution in [1.82, 2.24) is 0 Å². The number of nitriles is 1. The molecule has 2 aromatic rings. The van der Waals surface area contributed by atoms with E-state index < -0.39 is 0 Å². The lowest BCUT2D eigenvalue weighted by Crippen LogP contribution is -2.21. The zero-order valence-electron chi connectivity index (χ0n) is 11.1. The standard InChI is InChI=1S/C15H13N5O/c16-10-14(15(17)18)20-19-11-5-4-8-13(9-11)21-12-6-2-1-3-7-12/h1-9,19H,(H3,17,18)/b20-14+. The van der Waals surface area contributed by atoms with Crippen molar-refractivity contribution >= 4 is 17.2 Å².